The number of rotatable bonds is 7. The van der Waals surface area contributed by atoms with Crippen molar-refractivity contribution >= 4 is 34.8 Å². The molecular formula is C25H34Cl2N6O. The topological polar surface area (TPSA) is 75.2 Å². The molecule has 9 heteroatoms. The van der Waals surface area contributed by atoms with Crippen molar-refractivity contribution in [2.75, 3.05) is 43.5 Å². The second-order valence-corrected chi connectivity index (χ2v) is 10.5. The lowest BCUT2D eigenvalue weighted by Crippen LogP contribution is -2.38. The minimum Gasteiger partial charge on any atom is -0.381 e. The summed E-state index contributed by atoms with van der Waals surface area (Å²) in [6.45, 7) is 4.98. The van der Waals surface area contributed by atoms with Gasteiger partial charge in [0.2, 0.25) is 0 Å². The van der Waals surface area contributed by atoms with Crippen molar-refractivity contribution in [1.29, 1.82) is 0 Å². The molecule has 2 N–H and O–H groups in total. The Morgan fingerprint density at radius 3 is 2.50 bits per heavy atom. The number of ether oxygens (including phenoxy) is 1. The SMILES string of the molecule is Clc1cnc(N[C@H]2CC[C@H](N3CCCC3)CC2)cc1-c1cnc(Cl)c(NCC2CCOCC2)n1. The molecule has 184 valence electrons. The maximum absolute atomic E-state index is 6.53. The van der Waals surface area contributed by atoms with Crippen molar-refractivity contribution in [3.8, 4) is 11.3 Å². The maximum atomic E-state index is 6.53. The first-order valence-corrected chi connectivity index (χ1v) is 13.4. The lowest BCUT2D eigenvalue weighted by molar-refractivity contribution is 0.0699. The summed E-state index contributed by atoms with van der Waals surface area (Å²) in [5.41, 5.74) is 1.50. The zero-order valence-corrected chi connectivity index (χ0v) is 21.1. The van der Waals surface area contributed by atoms with Gasteiger partial charge in [0.25, 0.3) is 0 Å². The van der Waals surface area contributed by atoms with Gasteiger partial charge in [-0.3, -0.25) is 0 Å². The summed E-state index contributed by atoms with van der Waals surface area (Å²) in [7, 11) is 0. The molecule has 0 amide bonds. The standard InChI is InChI=1S/C25H34Cl2N6O/c26-21-15-28-23(31-18-3-5-19(6-4-18)33-9-1-2-10-33)13-20(21)22-16-29-24(27)25(32-22)30-14-17-7-11-34-12-8-17/h13,15-19H,1-12,14H2,(H,28,31)(H,30,32)/t18-,19-. The first-order chi connectivity index (χ1) is 16.7. The van der Waals surface area contributed by atoms with E-state index in [0.29, 0.717) is 33.6 Å². The van der Waals surface area contributed by atoms with Crippen LogP contribution >= 0.6 is 23.2 Å². The molecule has 3 aliphatic rings. The van der Waals surface area contributed by atoms with Crippen molar-refractivity contribution in [3.63, 3.8) is 0 Å². The van der Waals surface area contributed by atoms with E-state index in [2.05, 4.69) is 25.5 Å². The Balaban J connectivity index is 1.23. The minimum atomic E-state index is 0.370. The van der Waals surface area contributed by atoms with E-state index in [1.807, 2.05) is 6.07 Å². The normalized spacial score (nSPS) is 24.3. The first kappa shape index (κ1) is 24.0. The third kappa shape index (κ3) is 5.93. The second-order valence-electron chi connectivity index (χ2n) is 9.77. The molecule has 0 unspecified atom stereocenters. The fourth-order valence-corrected chi connectivity index (χ4v) is 5.78. The van der Waals surface area contributed by atoms with Crippen molar-refractivity contribution in [2.45, 2.75) is 63.5 Å². The molecule has 0 spiro atoms. The Morgan fingerprint density at radius 1 is 0.971 bits per heavy atom. The molecule has 2 aromatic rings. The number of nitrogens with one attached hydrogen (secondary N) is 2. The number of pyridine rings is 1. The molecule has 4 heterocycles. The predicted octanol–water partition coefficient (Wildman–Crippen LogP) is 5.50. The van der Waals surface area contributed by atoms with Crippen LogP contribution in [0.3, 0.4) is 0 Å². The molecule has 34 heavy (non-hydrogen) atoms. The molecule has 5 rings (SSSR count). The van der Waals surface area contributed by atoms with Gasteiger partial charge >= 0.3 is 0 Å². The van der Waals surface area contributed by atoms with E-state index in [9.17, 15) is 0 Å². The van der Waals surface area contributed by atoms with E-state index in [4.69, 9.17) is 32.9 Å². The van der Waals surface area contributed by atoms with Gasteiger partial charge in [0.05, 0.1) is 16.9 Å². The van der Waals surface area contributed by atoms with Crippen LogP contribution in [0.2, 0.25) is 10.2 Å². The number of likely N-dealkylation sites (tertiary alicyclic amines) is 1. The van der Waals surface area contributed by atoms with Crippen LogP contribution in [-0.2, 0) is 4.74 Å². The summed E-state index contributed by atoms with van der Waals surface area (Å²) in [6.07, 6.45) is 13.0. The molecule has 0 atom stereocenters. The highest BCUT2D eigenvalue weighted by Crippen LogP contribution is 2.32. The van der Waals surface area contributed by atoms with Gasteiger partial charge in [0, 0.05) is 43.6 Å². The van der Waals surface area contributed by atoms with Crippen LogP contribution in [0.25, 0.3) is 11.3 Å². The monoisotopic (exact) mass is 504 g/mol. The molecule has 1 saturated carbocycles. The summed E-state index contributed by atoms with van der Waals surface area (Å²) in [4.78, 5) is 16.3. The second kappa shape index (κ2) is 11.4. The summed E-state index contributed by atoms with van der Waals surface area (Å²) < 4.78 is 5.45. The van der Waals surface area contributed by atoms with E-state index in [1.54, 1.807) is 12.4 Å². The van der Waals surface area contributed by atoms with Crippen LogP contribution in [0.4, 0.5) is 11.6 Å². The average Bonchev–Trinajstić information content (AvgIpc) is 3.41. The zero-order valence-electron chi connectivity index (χ0n) is 19.6. The highest BCUT2D eigenvalue weighted by atomic mass is 35.5. The molecule has 0 aromatic carbocycles. The highest BCUT2D eigenvalue weighted by Gasteiger charge is 2.27. The van der Waals surface area contributed by atoms with Crippen molar-refractivity contribution in [2.24, 2.45) is 5.92 Å². The van der Waals surface area contributed by atoms with Gasteiger partial charge in [-0.25, -0.2) is 15.0 Å². The zero-order chi connectivity index (χ0) is 23.3. The number of hydrogen-bond donors (Lipinski definition) is 2. The van der Waals surface area contributed by atoms with Crippen LogP contribution in [0, 0.1) is 5.92 Å². The van der Waals surface area contributed by atoms with Crippen molar-refractivity contribution in [1.82, 2.24) is 19.9 Å². The van der Waals surface area contributed by atoms with Gasteiger partial charge in [-0.2, -0.15) is 0 Å². The van der Waals surface area contributed by atoms with Crippen molar-refractivity contribution < 1.29 is 4.74 Å². The average molecular weight is 505 g/mol. The Morgan fingerprint density at radius 2 is 1.74 bits per heavy atom. The highest BCUT2D eigenvalue weighted by molar-refractivity contribution is 6.33. The largest absolute Gasteiger partial charge is 0.381 e. The quantitative estimate of drug-likeness (QED) is 0.515. The summed E-state index contributed by atoms with van der Waals surface area (Å²) >= 11 is 12.9. The van der Waals surface area contributed by atoms with Gasteiger partial charge < -0.3 is 20.3 Å². The van der Waals surface area contributed by atoms with Gasteiger partial charge in [0.15, 0.2) is 11.0 Å². The van der Waals surface area contributed by atoms with Gasteiger partial charge in [-0.15, -0.1) is 0 Å². The van der Waals surface area contributed by atoms with Crippen LogP contribution in [0.1, 0.15) is 51.4 Å². The van der Waals surface area contributed by atoms with E-state index < -0.39 is 0 Å². The predicted molar refractivity (Wildman–Crippen MR) is 138 cm³/mol. The Kier molecular flexibility index (Phi) is 8.05. The van der Waals surface area contributed by atoms with E-state index in [0.717, 1.165) is 50.0 Å². The fraction of sp³-hybridized carbons (Fsp3) is 0.640. The number of hydrogen-bond acceptors (Lipinski definition) is 7. The lowest BCUT2D eigenvalue weighted by atomic mass is 9.90. The smallest absolute Gasteiger partial charge is 0.171 e. The Hall–Kier alpha value is -1.67. The number of nitrogens with zero attached hydrogens (tertiary/aromatic N) is 4. The van der Waals surface area contributed by atoms with Crippen LogP contribution in [-0.4, -0.2) is 64.8 Å². The van der Waals surface area contributed by atoms with Gasteiger partial charge in [0.1, 0.15) is 5.82 Å². The third-order valence-electron chi connectivity index (χ3n) is 7.46. The molecule has 0 radical (unpaired) electrons. The van der Waals surface area contributed by atoms with Crippen molar-refractivity contribution in [3.05, 3.63) is 28.6 Å². The van der Waals surface area contributed by atoms with E-state index in [-0.39, 0.29) is 0 Å². The Bertz CT molecular complexity index is 956. The summed E-state index contributed by atoms with van der Waals surface area (Å²) in [5.74, 6) is 1.97. The summed E-state index contributed by atoms with van der Waals surface area (Å²) in [6, 6.07) is 3.17. The first-order valence-electron chi connectivity index (χ1n) is 12.7. The molecule has 3 fully saturated rings. The molecule has 1 aliphatic carbocycles. The van der Waals surface area contributed by atoms with Gasteiger partial charge in [-0.1, -0.05) is 23.2 Å². The molecule has 2 aliphatic heterocycles. The Labute approximate surface area is 212 Å². The number of halogens is 2. The lowest BCUT2D eigenvalue weighted by Gasteiger charge is -2.35. The number of aromatic nitrogens is 3. The fourth-order valence-electron chi connectivity index (χ4n) is 5.42. The van der Waals surface area contributed by atoms with Gasteiger partial charge in [-0.05, 0) is 76.4 Å². The van der Waals surface area contributed by atoms with Crippen LogP contribution in [0.15, 0.2) is 18.5 Å². The van der Waals surface area contributed by atoms with E-state index >= 15 is 0 Å². The molecule has 0 bridgehead atoms. The van der Waals surface area contributed by atoms with Crippen LogP contribution < -0.4 is 10.6 Å². The molecule has 2 aromatic heterocycles. The molecular weight excluding hydrogens is 471 g/mol. The molecule has 2 saturated heterocycles. The van der Waals surface area contributed by atoms with E-state index in [1.165, 1.54) is 51.6 Å². The maximum Gasteiger partial charge on any atom is 0.171 e. The number of anilines is 2. The molecule has 7 nitrogen and oxygen atoms in total. The summed E-state index contributed by atoms with van der Waals surface area (Å²) in [5, 5.41) is 7.93. The third-order valence-corrected chi connectivity index (χ3v) is 8.04. The minimum absolute atomic E-state index is 0.370. The van der Waals surface area contributed by atoms with Crippen LogP contribution in [0.5, 0.6) is 0 Å².